The van der Waals surface area contributed by atoms with Gasteiger partial charge in [-0.15, -0.1) is 0 Å². The first-order valence-corrected chi connectivity index (χ1v) is 10.4. The van der Waals surface area contributed by atoms with Gasteiger partial charge < -0.3 is 8.97 Å². The van der Waals surface area contributed by atoms with Gasteiger partial charge in [-0.3, -0.25) is 0 Å². The van der Waals surface area contributed by atoms with E-state index >= 15 is 0 Å². The fourth-order valence-electron chi connectivity index (χ4n) is 2.72. The standard InChI is InChI=1S/C16H14NO.C7H8O3S/c1-17-12-15(13-8-4-2-5-9-13)18-16(17)14-10-6-3-7-11-14;1-6-2-4-7(5-3-6)11(8,9)10/h2-12H,1H3;2-5H,1H3,(H,8,9,10)/q+1;/p-1. The van der Waals surface area contributed by atoms with Gasteiger partial charge in [-0.2, -0.15) is 4.57 Å². The molecule has 1 heterocycles. The van der Waals surface area contributed by atoms with E-state index in [0.29, 0.717) is 0 Å². The molecule has 0 N–H and O–H groups in total. The van der Waals surface area contributed by atoms with Crippen molar-refractivity contribution in [2.24, 2.45) is 7.05 Å². The highest BCUT2D eigenvalue weighted by Crippen LogP contribution is 2.24. The minimum Gasteiger partial charge on any atom is -0.744 e. The third-order valence-electron chi connectivity index (χ3n) is 4.23. The van der Waals surface area contributed by atoms with E-state index in [-0.39, 0.29) is 4.90 Å². The van der Waals surface area contributed by atoms with Gasteiger partial charge in [0, 0.05) is 5.56 Å². The van der Waals surface area contributed by atoms with Crippen LogP contribution in [0, 0.1) is 6.92 Å². The van der Waals surface area contributed by atoms with Crippen molar-refractivity contribution >= 4 is 10.1 Å². The maximum atomic E-state index is 10.4. The Morgan fingerprint density at radius 3 is 1.83 bits per heavy atom. The average Bonchev–Trinajstić information content (AvgIpc) is 3.11. The summed E-state index contributed by atoms with van der Waals surface area (Å²) in [5, 5.41) is 0. The number of benzene rings is 3. The van der Waals surface area contributed by atoms with Crippen LogP contribution >= 0.6 is 0 Å². The molecule has 0 unspecified atom stereocenters. The molecule has 0 bridgehead atoms. The van der Waals surface area contributed by atoms with Crippen molar-refractivity contribution in [2.45, 2.75) is 11.8 Å². The molecule has 5 nitrogen and oxygen atoms in total. The number of aryl methyl sites for hydroxylation is 2. The topological polar surface area (TPSA) is 74.2 Å². The fraction of sp³-hybridized carbons (Fsp3) is 0.0870. The summed E-state index contributed by atoms with van der Waals surface area (Å²) >= 11 is 0. The number of hydrogen-bond donors (Lipinski definition) is 0. The summed E-state index contributed by atoms with van der Waals surface area (Å²) in [5.41, 5.74) is 3.11. The molecule has 0 spiro atoms. The predicted octanol–water partition coefficient (Wildman–Crippen LogP) is 4.34. The monoisotopic (exact) mass is 407 g/mol. The molecule has 0 saturated heterocycles. The molecule has 4 rings (SSSR count). The van der Waals surface area contributed by atoms with Gasteiger partial charge in [-0.05, 0) is 31.2 Å². The summed E-state index contributed by atoms with van der Waals surface area (Å²) in [5.74, 6) is 1.76. The van der Waals surface area contributed by atoms with Crippen LogP contribution in [-0.4, -0.2) is 13.0 Å². The SMILES string of the molecule is C[n+]1cc(-c2ccccc2)oc1-c1ccccc1.Cc1ccc(S(=O)(=O)[O-])cc1. The van der Waals surface area contributed by atoms with Crippen molar-refractivity contribution in [1.82, 2.24) is 0 Å². The largest absolute Gasteiger partial charge is 0.744 e. The molecule has 4 aromatic rings. The van der Waals surface area contributed by atoms with Gasteiger partial charge in [0.1, 0.15) is 17.2 Å². The highest BCUT2D eigenvalue weighted by Gasteiger charge is 2.18. The highest BCUT2D eigenvalue weighted by molar-refractivity contribution is 7.85. The number of rotatable bonds is 3. The maximum Gasteiger partial charge on any atom is 0.380 e. The van der Waals surface area contributed by atoms with E-state index in [4.69, 9.17) is 4.42 Å². The van der Waals surface area contributed by atoms with Crippen molar-refractivity contribution in [1.29, 1.82) is 0 Å². The van der Waals surface area contributed by atoms with Crippen molar-refractivity contribution in [2.75, 3.05) is 0 Å². The molecule has 0 aliphatic carbocycles. The van der Waals surface area contributed by atoms with Gasteiger partial charge >= 0.3 is 5.89 Å². The average molecular weight is 407 g/mol. The van der Waals surface area contributed by atoms with Gasteiger partial charge in [0.15, 0.2) is 0 Å². The minimum absolute atomic E-state index is 0.178. The van der Waals surface area contributed by atoms with Crippen molar-refractivity contribution in [3.8, 4) is 22.8 Å². The quantitative estimate of drug-likeness (QED) is 0.374. The van der Waals surface area contributed by atoms with E-state index in [1.807, 2.05) is 85.4 Å². The maximum absolute atomic E-state index is 10.4. The van der Waals surface area contributed by atoms with Crippen molar-refractivity contribution in [3.05, 3.63) is 96.7 Å². The van der Waals surface area contributed by atoms with E-state index in [0.717, 1.165) is 28.3 Å². The Kier molecular flexibility index (Phi) is 6.26. The summed E-state index contributed by atoms with van der Waals surface area (Å²) < 4.78 is 39.1. The third-order valence-corrected chi connectivity index (χ3v) is 5.08. The molecule has 0 aliphatic rings. The van der Waals surface area contributed by atoms with Crippen LogP contribution in [0.25, 0.3) is 22.8 Å². The molecule has 0 fully saturated rings. The molecule has 148 valence electrons. The second-order valence-electron chi connectivity index (χ2n) is 6.51. The summed E-state index contributed by atoms with van der Waals surface area (Å²) in [4.78, 5) is -0.178. The Bertz CT molecular complexity index is 1170. The highest BCUT2D eigenvalue weighted by atomic mass is 32.2. The molecular weight excluding hydrogens is 386 g/mol. The molecule has 0 saturated carbocycles. The molecule has 0 amide bonds. The summed E-state index contributed by atoms with van der Waals surface area (Å²) in [6.45, 7) is 1.82. The molecule has 1 aromatic heterocycles. The number of hydrogen-bond acceptors (Lipinski definition) is 4. The van der Waals surface area contributed by atoms with E-state index in [1.165, 1.54) is 12.1 Å². The van der Waals surface area contributed by atoms with E-state index < -0.39 is 10.1 Å². The first kappa shape index (κ1) is 20.5. The van der Waals surface area contributed by atoms with Crippen LogP contribution in [0.15, 0.2) is 100 Å². The lowest BCUT2D eigenvalue weighted by Gasteiger charge is -2.05. The Morgan fingerprint density at radius 1 is 0.793 bits per heavy atom. The minimum atomic E-state index is -4.27. The molecule has 0 aliphatic heterocycles. The Morgan fingerprint density at radius 2 is 1.31 bits per heavy atom. The number of aromatic nitrogens is 1. The second-order valence-corrected chi connectivity index (χ2v) is 7.89. The second kappa shape index (κ2) is 8.86. The van der Waals surface area contributed by atoms with Gasteiger partial charge in [-0.25, -0.2) is 8.42 Å². The van der Waals surface area contributed by atoms with E-state index in [1.54, 1.807) is 12.1 Å². The lowest BCUT2D eigenvalue weighted by Crippen LogP contribution is -2.26. The Hall–Kier alpha value is -3.22. The van der Waals surface area contributed by atoms with Crippen molar-refractivity contribution < 1.29 is 22.0 Å². The first-order valence-electron chi connectivity index (χ1n) is 8.97. The predicted molar refractivity (Wildman–Crippen MR) is 110 cm³/mol. The summed E-state index contributed by atoms with van der Waals surface area (Å²) in [6.07, 6.45) is 2.01. The number of oxazole rings is 1. The first-order chi connectivity index (χ1) is 13.8. The van der Waals surface area contributed by atoms with Crippen LogP contribution in [0.2, 0.25) is 0 Å². The van der Waals surface area contributed by atoms with Crippen LogP contribution in [0.5, 0.6) is 0 Å². The zero-order chi connectivity index (χ0) is 20.9. The van der Waals surface area contributed by atoms with E-state index in [2.05, 4.69) is 0 Å². The van der Waals surface area contributed by atoms with Crippen molar-refractivity contribution in [3.63, 3.8) is 0 Å². The van der Waals surface area contributed by atoms with Crippen LogP contribution in [0.1, 0.15) is 5.56 Å². The number of nitrogens with zero attached hydrogens (tertiary/aromatic N) is 1. The third kappa shape index (κ3) is 5.40. The molecule has 6 heteroatoms. The fourth-order valence-corrected chi connectivity index (χ4v) is 3.19. The lowest BCUT2D eigenvalue weighted by molar-refractivity contribution is -0.662. The van der Waals surface area contributed by atoms with Gasteiger partial charge in [0.2, 0.25) is 12.0 Å². The van der Waals surface area contributed by atoms with Gasteiger partial charge in [0.25, 0.3) is 0 Å². The molecule has 0 radical (unpaired) electrons. The Labute approximate surface area is 170 Å². The smallest absolute Gasteiger partial charge is 0.380 e. The van der Waals surface area contributed by atoms with Crippen LogP contribution in [0.4, 0.5) is 0 Å². The Balaban J connectivity index is 0.000000188. The van der Waals surface area contributed by atoms with Gasteiger partial charge in [-0.1, -0.05) is 66.2 Å². The van der Waals surface area contributed by atoms with Crippen LogP contribution in [-0.2, 0) is 17.2 Å². The van der Waals surface area contributed by atoms with E-state index in [9.17, 15) is 13.0 Å². The molecular formula is C23H21NO4S. The zero-order valence-corrected chi connectivity index (χ0v) is 17.0. The normalized spacial score (nSPS) is 10.9. The summed E-state index contributed by atoms with van der Waals surface area (Å²) in [7, 11) is -2.27. The van der Waals surface area contributed by atoms with Crippen LogP contribution < -0.4 is 4.57 Å². The van der Waals surface area contributed by atoms with Crippen LogP contribution in [0.3, 0.4) is 0 Å². The van der Waals surface area contributed by atoms with Gasteiger partial charge in [0.05, 0.1) is 10.5 Å². The zero-order valence-electron chi connectivity index (χ0n) is 16.1. The molecule has 29 heavy (non-hydrogen) atoms. The molecule has 0 atom stereocenters. The summed E-state index contributed by atoms with van der Waals surface area (Å²) in [6, 6.07) is 26.0. The molecule has 3 aromatic carbocycles. The lowest BCUT2D eigenvalue weighted by atomic mass is 10.2.